The van der Waals surface area contributed by atoms with Crippen LogP contribution in [0.1, 0.15) is 65.4 Å². The largest absolute Gasteiger partial charge is 0.423 e. The Kier molecular flexibility index (Phi) is 11.1. The topological polar surface area (TPSA) is 192 Å². The van der Waals surface area contributed by atoms with Crippen LogP contribution in [0.5, 0.6) is 0 Å². The number of morpholine rings is 1. The van der Waals surface area contributed by atoms with Crippen molar-refractivity contribution < 1.29 is 38.8 Å². The number of cyclic esters (lactones) is 1. The number of benzene rings is 1. The Morgan fingerprint density at radius 3 is 2.64 bits per heavy atom. The summed E-state index contributed by atoms with van der Waals surface area (Å²) in [6.45, 7) is 10.6. The zero-order valence-corrected chi connectivity index (χ0v) is 34.1. The zero-order chi connectivity index (χ0) is 41.0. The van der Waals surface area contributed by atoms with Gasteiger partial charge in [-0.1, -0.05) is 19.9 Å². The molecule has 4 N–H and O–H groups in total. The zero-order valence-electron chi connectivity index (χ0n) is 34.1. The Morgan fingerprint density at radius 1 is 1.16 bits per heavy atom. The van der Waals surface area contributed by atoms with Crippen molar-refractivity contribution in [3.63, 3.8) is 0 Å². The summed E-state index contributed by atoms with van der Waals surface area (Å²) < 4.78 is 19.9. The molecule has 1 aromatic heterocycles. The van der Waals surface area contributed by atoms with Crippen LogP contribution in [0, 0.1) is 22.7 Å². The van der Waals surface area contributed by atoms with E-state index in [-0.39, 0.29) is 42.6 Å². The van der Waals surface area contributed by atoms with E-state index in [9.17, 15) is 24.6 Å². The average molecular weight is 800 g/mol. The second-order valence-electron chi connectivity index (χ2n) is 17.7. The minimum atomic E-state index is -0.829. The van der Waals surface area contributed by atoms with Gasteiger partial charge in [-0.25, -0.2) is 14.8 Å². The van der Waals surface area contributed by atoms with Crippen molar-refractivity contribution in [2.45, 2.75) is 95.7 Å². The number of ketones is 1. The van der Waals surface area contributed by atoms with Gasteiger partial charge in [0.1, 0.15) is 17.2 Å². The number of carbonyl (C=O) groups excluding carboxylic acids is 3. The number of imidazole rings is 1. The molecule has 8 rings (SSSR count). The van der Waals surface area contributed by atoms with Gasteiger partial charge in [0.2, 0.25) is 5.91 Å². The summed E-state index contributed by atoms with van der Waals surface area (Å²) in [6, 6.07) is 3.72. The van der Waals surface area contributed by atoms with Crippen molar-refractivity contribution in [2.24, 2.45) is 39.7 Å². The second-order valence-corrected chi connectivity index (χ2v) is 17.7. The van der Waals surface area contributed by atoms with E-state index in [0.29, 0.717) is 82.3 Å². The smallest absolute Gasteiger partial charge is 0.341 e. The summed E-state index contributed by atoms with van der Waals surface area (Å²) in [7, 11) is 1.93. The number of hydrogen-bond donors (Lipinski definition) is 4. The maximum absolute atomic E-state index is 14.0. The highest BCUT2D eigenvalue weighted by atomic mass is 16.6. The number of aliphatic imine (C=N–C) groups is 2. The molecule has 10 atom stereocenters. The number of ether oxygens (including phenoxy) is 3. The Hall–Kier alpha value is -4.12. The number of nitrogens with zero attached hydrogens (tertiary/aromatic N) is 5. The molecule has 15 nitrogen and oxygen atoms in total. The van der Waals surface area contributed by atoms with Crippen LogP contribution in [-0.4, -0.2) is 136 Å². The summed E-state index contributed by atoms with van der Waals surface area (Å²) in [6.07, 6.45) is 8.47. The van der Waals surface area contributed by atoms with Crippen LogP contribution in [0.25, 0.3) is 17.1 Å². The lowest BCUT2D eigenvalue weighted by Crippen LogP contribution is -2.68. The molecule has 6 aliphatic rings. The molecule has 0 bridgehead atoms. The molecule has 0 radical (unpaired) electrons. The quantitative estimate of drug-likeness (QED) is 0.172. The molecule has 4 aliphatic heterocycles. The third-order valence-corrected chi connectivity index (χ3v) is 14.2. The van der Waals surface area contributed by atoms with E-state index >= 15 is 0 Å². The van der Waals surface area contributed by atoms with Crippen LogP contribution in [0.15, 0.2) is 51.9 Å². The van der Waals surface area contributed by atoms with Crippen molar-refractivity contribution in [3.8, 4) is 0 Å². The fourth-order valence-corrected chi connectivity index (χ4v) is 10.7. The van der Waals surface area contributed by atoms with E-state index in [0.717, 1.165) is 16.6 Å². The number of amidine groups is 1. The molecule has 1 spiro atoms. The molecule has 5 heterocycles. The number of allylic oxidation sites excluding steroid dienone is 1. The van der Waals surface area contributed by atoms with E-state index in [1.807, 2.05) is 54.6 Å². The minimum absolute atomic E-state index is 0.0129. The predicted molar refractivity (Wildman–Crippen MR) is 217 cm³/mol. The normalized spacial score (nSPS) is 34.2. The summed E-state index contributed by atoms with van der Waals surface area (Å²) in [5, 5.41) is 29.7. The van der Waals surface area contributed by atoms with E-state index in [2.05, 4.69) is 32.5 Å². The number of fused-ring (bicyclic) bond motifs is 2. The number of aryl methyl sites for hydroxylation is 1. The Balaban J connectivity index is 1.15. The Bertz CT molecular complexity index is 2070. The average Bonchev–Trinajstić information content (AvgIpc) is 3.45. The highest BCUT2D eigenvalue weighted by Crippen LogP contribution is 2.66. The van der Waals surface area contributed by atoms with Gasteiger partial charge >= 0.3 is 5.97 Å². The van der Waals surface area contributed by atoms with Gasteiger partial charge in [0, 0.05) is 43.9 Å². The lowest BCUT2D eigenvalue weighted by molar-refractivity contribution is -0.185. The van der Waals surface area contributed by atoms with Crippen molar-refractivity contribution in [1.82, 2.24) is 25.1 Å². The van der Waals surface area contributed by atoms with Crippen LogP contribution >= 0.6 is 0 Å². The molecule has 1 aromatic carbocycles. The van der Waals surface area contributed by atoms with Gasteiger partial charge in [0.05, 0.1) is 80.5 Å². The van der Waals surface area contributed by atoms with Gasteiger partial charge in [0.15, 0.2) is 5.78 Å². The van der Waals surface area contributed by atoms with Crippen molar-refractivity contribution in [3.05, 3.63) is 47.5 Å². The monoisotopic (exact) mass is 799 g/mol. The number of aliphatic hydroxyl groups is 2. The van der Waals surface area contributed by atoms with Gasteiger partial charge < -0.3 is 44.5 Å². The maximum Gasteiger partial charge on any atom is 0.341 e. The molecule has 15 heteroatoms. The van der Waals surface area contributed by atoms with E-state index in [1.165, 1.54) is 0 Å². The molecule has 1 amide bonds. The SMILES string of the molecule is CC(NC(CC1C2(CO2)C(NC(C)C(=O)N2CCOCC2)CC2[C@]1(C)CC[C@@H](O)[C@@]2(C)CO)C1=C/C(=C\c2ccc3c(c2)ncn3C)OC1=O)C(=O)CC1=NCC=N1. The van der Waals surface area contributed by atoms with Crippen molar-refractivity contribution in [2.75, 3.05) is 46.1 Å². The summed E-state index contributed by atoms with van der Waals surface area (Å²) >= 11 is 0. The number of carbonyl (C=O) groups is 3. The first-order valence-corrected chi connectivity index (χ1v) is 20.7. The van der Waals surface area contributed by atoms with Gasteiger partial charge in [-0.3, -0.25) is 14.6 Å². The number of aliphatic hydroxyl groups excluding tert-OH is 2. The number of esters is 1. The molecule has 2 aliphatic carbocycles. The second kappa shape index (κ2) is 15.8. The highest BCUT2D eigenvalue weighted by Gasteiger charge is 2.71. The number of Topliss-reactive ketones (excluding diaryl/α,β-unsaturated/α-hetero) is 1. The maximum atomic E-state index is 14.0. The summed E-state index contributed by atoms with van der Waals surface area (Å²) in [5.74, 6) is -0.160. The third kappa shape index (κ3) is 7.38. The molecule has 4 fully saturated rings. The molecule has 2 saturated carbocycles. The van der Waals surface area contributed by atoms with E-state index in [4.69, 9.17) is 14.2 Å². The minimum Gasteiger partial charge on any atom is -0.423 e. The molecule has 58 heavy (non-hydrogen) atoms. The molecule has 2 aromatic rings. The number of rotatable bonds is 13. The first-order valence-electron chi connectivity index (χ1n) is 20.7. The fourth-order valence-electron chi connectivity index (χ4n) is 10.7. The van der Waals surface area contributed by atoms with Gasteiger partial charge in [-0.2, -0.15) is 0 Å². The molecular weight excluding hydrogens is 743 g/mol. The highest BCUT2D eigenvalue weighted by molar-refractivity contribution is 6.07. The van der Waals surface area contributed by atoms with Gasteiger partial charge in [-0.15, -0.1) is 0 Å². The number of amides is 1. The lowest BCUT2D eigenvalue weighted by atomic mass is 9.43. The first-order chi connectivity index (χ1) is 27.8. The summed E-state index contributed by atoms with van der Waals surface area (Å²) in [5.41, 5.74) is 1.03. The first kappa shape index (κ1) is 40.7. The Morgan fingerprint density at radius 2 is 1.93 bits per heavy atom. The van der Waals surface area contributed by atoms with E-state index < -0.39 is 46.6 Å². The molecule has 2 saturated heterocycles. The van der Waals surface area contributed by atoms with Crippen LogP contribution in [0.4, 0.5) is 0 Å². The molecule has 312 valence electrons. The van der Waals surface area contributed by atoms with Crippen molar-refractivity contribution >= 4 is 46.8 Å². The summed E-state index contributed by atoms with van der Waals surface area (Å²) in [4.78, 5) is 56.3. The van der Waals surface area contributed by atoms with Crippen LogP contribution in [0.3, 0.4) is 0 Å². The molecule has 7 unspecified atom stereocenters. The van der Waals surface area contributed by atoms with Crippen molar-refractivity contribution in [1.29, 1.82) is 0 Å². The van der Waals surface area contributed by atoms with Gasteiger partial charge in [-0.05, 0) is 86.6 Å². The standard InChI is InChI=1S/C43H57N7O8/c1-25(33(52)20-38-44-10-11-45-38)47-30(29-18-28(58-40(29)55)16-27-6-7-32-31(17-27)46-24-49(32)5)19-35-41(3)9-8-37(53)42(4,22-51)34(41)21-36(43(35)23-57-43)48-26(2)39(54)50-12-14-56-15-13-50/h6-7,10,16-18,24-26,30,34-37,47-48,51,53H,8-9,11-15,19-23H2,1-5H3/b28-16+/t25?,26?,30?,34?,35?,36?,37-,41+,42+,43?/m1/s1. The fraction of sp³-hybridized carbons (Fsp3) is 0.628. The van der Waals surface area contributed by atoms with Crippen LogP contribution < -0.4 is 10.6 Å². The molecular formula is C43H57N7O8. The van der Waals surface area contributed by atoms with Crippen LogP contribution in [-0.2, 0) is 35.6 Å². The lowest BCUT2D eigenvalue weighted by Gasteiger charge is -2.63. The Labute approximate surface area is 339 Å². The van der Waals surface area contributed by atoms with Gasteiger partial charge in [0.25, 0.3) is 0 Å². The van der Waals surface area contributed by atoms with Crippen LogP contribution in [0.2, 0.25) is 0 Å². The number of nitrogens with one attached hydrogen (secondary N) is 2. The number of hydrogen-bond acceptors (Lipinski definition) is 13. The number of epoxide rings is 1. The predicted octanol–water partition coefficient (Wildman–Crippen LogP) is 2.35. The third-order valence-electron chi connectivity index (χ3n) is 14.2. The number of aromatic nitrogens is 2. The van der Waals surface area contributed by atoms with E-state index in [1.54, 1.807) is 25.5 Å².